The minimum atomic E-state index is -3.62. The molecule has 1 aromatic rings. The molecule has 1 aliphatic rings. The number of hydrogen-bond acceptors (Lipinski definition) is 3. The van der Waals surface area contributed by atoms with Crippen LogP contribution in [0.4, 0.5) is 0 Å². The van der Waals surface area contributed by atoms with Crippen molar-refractivity contribution in [3.63, 3.8) is 0 Å². The molecule has 108 valence electrons. The van der Waals surface area contributed by atoms with E-state index in [2.05, 4.69) is 14.7 Å². The lowest BCUT2D eigenvalue weighted by Gasteiger charge is -2.28. The Morgan fingerprint density at radius 3 is 2.55 bits per heavy atom. The van der Waals surface area contributed by atoms with Crippen LogP contribution in [0.25, 0.3) is 10.4 Å². The molecule has 1 aromatic carbocycles. The summed E-state index contributed by atoms with van der Waals surface area (Å²) < 4.78 is 27.2. The molecule has 2 rings (SSSR count). The molecule has 6 nitrogen and oxygen atoms in total. The smallest absolute Gasteiger partial charge is 0.208 e. The highest BCUT2D eigenvalue weighted by Gasteiger charge is 2.28. The largest absolute Gasteiger partial charge is 0.240 e. The lowest BCUT2D eigenvalue weighted by atomic mass is 9.92. The zero-order chi connectivity index (χ0) is 14.6. The second-order valence-corrected chi connectivity index (χ2v) is 6.89. The van der Waals surface area contributed by atoms with E-state index in [1.165, 1.54) is 24.3 Å². The fourth-order valence-corrected chi connectivity index (χ4v) is 3.76. The first-order chi connectivity index (χ1) is 9.53. The van der Waals surface area contributed by atoms with Crippen LogP contribution in [0.3, 0.4) is 0 Å². The highest BCUT2D eigenvalue weighted by Crippen LogP contribution is 2.23. The second-order valence-electron chi connectivity index (χ2n) is 4.74. The monoisotopic (exact) mass is 314 g/mol. The van der Waals surface area contributed by atoms with Crippen LogP contribution in [-0.2, 0) is 10.0 Å². The Morgan fingerprint density at radius 1 is 1.25 bits per heavy atom. The highest BCUT2D eigenvalue weighted by molar-refractivity contribution is 7.89. The van der Waals surface area contributed by atoms with Gasteiger partial charge >= 0.3 is 0 Å². The van der Waals surface area contributed by atoms with E-state index in [0.29, 0.717) is 17.9 Å². The maximum absolute atomic E-state index is 12.3. The molecule has 0 spiro atoms. The lowest BCUT2D eigenvalue weighted by Crippen LogP contribution is -2.44. The third kappa shape index (κ3) is 3.64. The summed E-state index contributed by atoms with van der Waals surface area (Å²) in [5.41, 5.74) is 8.55. The van der Waals surface area contributed by atoms with E-state index >= 15 is 0 Å². The van der Waals surface area contributed by atoms with Crippen molar-refractivity contribution in [3.05, 3.63) is 39.7 Å². The Balaban J connectivity index is 2.18. The van der Waals surface area contributed by atoms with E-state index in [-0.39, 0.29) is 17.0 Å². The molecule has 1 N–H and O–H groups in total. The number of nitrogens with zero attached hydrogens (tertiary/aromatic N) is 3. The number of hydrogen-bond donors (Lipinski definition) is 1. The van der Waals surface area contributed by atoms with Crippen LogP contribution in [0.5, 0.6) is 0 Å². The normalized spacial score (nSPS) is 23.1. The van der Waals surface area contributed by atoms with Crippen LogP contribution in [0.15, 0.2) is 34.3 Å². The maximum atomic E-state index is 12.3. The first-order valence-corrected chi connectivity index (χ1v) is 8.21. The second kappa shape index (κ2) is 6.45. The van der Waals surface area contributed by atoms with Crippen molar-refractivity contribution in [2.45, 2.75) is 42.7 Å². The van der Waals surface area contributed by atoms with Gasteiger partial charge in [-0.3, -0.25) is 0 Å². The predicted octanol–water partition coefficient (Wildman–Crippen LogP) is 3.24. The Labute approximate surface area is 122 Å². The van der Waals surface area contributed by atoms with Crippen LogP contribution < -0.4 is 4.72 Å². The number of halogens is 1. The van der Waals surface area contributed by atoms with Gasteiger partial charge < -0.3 is 0 Å². The topological polar surface area (TPSA) is 94.9 Å². The predicted molar refractivity (Wildman–Crippen MR) is 77.0 cm³/mol. The average Bonchev–Trinajstić information content (AvgIpc) is 2.41. The summed E-state index contributed by atoms with van der Waals surface area (Å²) in [6.45, 7) is 0. The minimum absolute atomic E-state index is 0.159. The van der Waals surface area contributed by atoms with Crippen molar-refractivity contribution in [1.82, 2.24) is 4.72 Å². The SMILES string of the molecule is [N-]=[N+]=N[C@H]1CCCC[C@@H]1NS(=O)(=O)c1ccc(Cl)cc1. The van der Waals surface area contributed by atoms with Crippen LogP contribution in [-0.4, -0.2) is 20.5 Å². The Morgan fingerprint density at radius 2 is 1.90 bits per heavy atom. The summed E-state index contributed by atoms with van der Waals surface area (Å²) in [5, 5.41) is 4.17. The molecule has 0 heterocycles. The standard InChI is InChI=1S/C12H15ClN4O2S/c13-9-5-7-10(8-6-9)20(18,19)16-12-4-2-1-3-11(12)15-17-14/h5-8,11-12,16H,1-4H2/t11-,12-/m0/s1. The number of rotatable bonds is 4. The van der Waals surface area contributed by atoms with E-state index in [4.69, 9.17) is 17.1 Å². The zero-order valence-electron chi connectivity index (χ0n) is 10.7. The van der Waals surface area contributed by atoms with E-state index in [1.807, 2.05) is 0 Å². The van der Waals surface area contributed by atoms with Crippen molar-refractivity contribution in [3.8, 4) is 0 Å². The third-order valence-electron chi connectivity index (χ3n) is 3.36. The molecule has 2 atom stereocenters. The van der Waals surface area contributed by atoms with E-state index in [0.717, 1.165) is 12.8 Å². The molecule has 0 amide bonds. The van der Waals surface area contributed by atoms with Gasteiger partial charge in [0.1, 0.15) is 0 Å². The molecular weight excluding hydrogens is 300 g/mol. The summed E-state index contributed by atoms with van der Waals surface area (Å²) in [6.07, 6.45) is 3.25. The third-order valence-corrected chi connectivity index (χ3v) is 5.12. The molecular formula is C12H15ClN4O2S. The number of nitrogens with one attached hydrogen (secondary N) is 1. The summed E-state index contributed by atoms with van der Waals surface area (Å²) in [6, 6.07) is 5.30. The molecule has 0 bridgehead atoms. The van der Waals surface area contributed by atoms with Crippen molar-refractivity contribution >= 4 is 21.6 Å². The molecule has 0 radical (unpaired) electrons. The van der Waals surface area contributed by atoms with Crippen LogP contribution in [0, 0.1) is 0 Å². The van der Waals surface area contributed by atoms with Gasteiger partial charge in [-0.1, -0.05) is 29.6 Å². The van der Waals surface area contributed by atoms with Gasteiger partial charge in [0.25, 0.3) is 0 Å². The van der Waals surface area contributed by atoms with Crippen LogP contribution in [0.2, 0.25) is 5.02 Å². The zero-order valence-corrected chi connectivity index (χ0v) is 12.3. The van der Waals surface area contributed by atoms with Gasteiger partial charge in [0.2, 0.25) is 10.0 Å². The van der Waals surface area contributed by atoms with Crippen molar-refractivity contribution < 1.29 is 8.42 Å². The summed E-state index contributed by atoms with van der Waals surface area (Å²) in [5.74, 6) is 0. The summed E-state index contributed by atoms with van der Waals surface area (Å²) in [4.78, 5) is 2.96. The van der Waals surface area contributed by atoms with Crippen molar-refractivity contribution in [2.75, 3.05) is 0 Å². The Hall–Kier alpha value is -1.27. The van der Waals surface area contributed by atoms with Crippen LogP contribution in [0.1, 0.15) is 25.7 Å². The number of azide groups is 1. The van der Waals surface area contributed by atoms with Gasteiger partial charge in [-0.15, -0.1) is 0 Å². The molecule has 0 aromatic heterocycles. The number of sulfonamides is 1. The van der Waals surface area contributed by atoms with E-state index in [9.17, 15) is 8.42 Å². The molecule has 8 heteroatoms. The fourth-order valence-electron chi connectivity index (χ4n) is 2.33. The van der Waals surface area contributed by atoms with Gasteiger partial charge in [0, 0.05) is 16.0 Å². The molecule has 0 saturated heterocycles. The molecule has 20 heavy (non-hydrogen) atoms. The molecule has 1 fully saturated rings. The van der Waals surface area contributed by atoms with Crippen LogP contribution >= 0.6 is 11.6 Å². The van der Waals surface area contributed by atoms with Gasteiger partial charge in [0.05, 0.1) is 10.9 Å². The molecule has 0 aliphatic heterocycles. The Bertz CT molecular complexity index is 611. The molecule has 1 aliphatic carbocycles. The van der Waals surface area contributed by atoms with Crippen molar-refractivity contribution in [2.24, 2.45) is 5.11 Å². The first kappa shape index (κ1) is 15.1. The van der Waals surface area contributed by atoms with Gasteiger partial charge in [-0.25, -0.2) is 13.1 Å². The maximum Gasteiger partial charge on any atom is 0.240 e. The average molecular weight is 315 g/mol. The van der Waals surface area contributed by atoms with Crippen molar-refractivity contribution in [1.29, 1.82) is 0 Å². The number of benzene rings is 1. The summed E-state index contributed by atoms with van der Waals surface area (Å²) >= 11 is 5.75. The fraction of sp³-hybridized carbons (Fsp3) is 0.500. The Kier molecular flexibility index (Phi) is 4.88. The van der Waals surface area contributed by atoms with Gasteiger partial charge in [-0.2, -0.15) is 0 Å². The quantitative estimate of drug-likeness (QED) is 0.524. The van der Waals surface area contributed by atoms with E-state index < -0.39 is 10.0 Å². The minimum Gasteiger partial charge on any atom is -0.208 e. The van der Waals surface area contributed by atoms with E-state index in [1.54, 1.807) is 0 Å². The molecule has 0 unspecified atom stereocenters. The highest BCUT2D eigenvalue weighted by atomic mass is 35.5. The first-order valence-electron chi connectivity index (χ1n) is 6.35. The van der Waals surface area contributed by atoms with Gasteiger partial charge in [0.15, 0.2) is 0 Å². The van der Waals surface area contributed by atoms with Gasteiger partial charge in [-0.05, 0) is 42.6 Å². The lowest BCUT2D eigenvalue weighted by molar-refractivity contribution is 0.360. The summed E-state index contributed by atoms with van der Waals surface area (Å²) in [7, 11) is -3.62. The molecule has 1 saturated carbocycles.